The van der Waals surface area contributed by atoms with Crippen LogP contribution in [0.1, 0.15) is 37.4 Å². The Morgan fingerprint density at radius 1 is 1.56 bits per heavy atom. The van der Waals surface area contributed by atoms with Crippen molar-refractivity contribution >= 4 is 5.69 Å². The molecule has 2 heteroatoms. The van der Waals surface area contributed by atoms with Crippen molar-refractivity contribution in [2.45, 2.75) is 45.1 Å². The first-order valence-corrected chi connectivity index (χ1v) is 6.15. The molecule has 0 bridgehead atoms. The summed E-state index contributed by atoms with van der Waals surface area (Å²) in [6.07, 6.45) is 9.74. The SMILES string of the molecule is C=CCCC(C)Nc1cnc2c(c1)CCC2. The number of pyridine rings is 1. The smallest absolute Gasteiger partial charge is 0.0531 e. The molecular weight excluding hydrogens is 196 g/mol. The molecule has 1 aliphatic carbocycles. The van der Waals surface area contributed by atoms with Gasteiger partial charge in [0, 0.05) is 11.7 Å². The summed E-state index contributed by atoms with van der Waals surface area (Å²) in [4.78, 5) is 4.51. The van der Waals surface area contributed by atoms with Gasteiger partial charge in [0.1, 0.15) is 0 Å². The lowest BCUT2D eigenvalue weighted by Crippen LogP contribution is -2.14. The van der Waals surface area contributed by atoms with E-state index in [2.05, 4.69) is 29.9 Å². The van der Waals surface area contributed by atoms with Gasteiger partial charge in [-0.05, 0) is 50.7 Å². The van der Waals surface area contributed by atoms with Gasteiger partial charge in [0.05, 0.1) is 11.9 Å². The third kappa shape index (κ3) is 2.63. The molecule has 1 atom stereocenters. The van der Waals surface area contributed by atoms with E-state index in [0.717, 1.165) is 24.9 Å². The number of rotatable bonds is 5. The molecule has 0 saturated heterocycles. The quantitative estimate of drug-likeness (QED) is 0.764. The number of nitrogens with zero attached hydrogens (tertiary/aromatic N) is 1. The molecule has 0 radical (unpaired) electrons. The summed E-state index contributed by atoms with van der Waals surface area (Å²) in [6.45, 7) is 5.95. The fourth-order valence-electron chi connectivity index (χ4n) is 2.23. The fourth-order valence-corrected chi connectivity index (χ4v) is 2.23. The molecule has 1 N–H and O–H groups in total. The van der Waals surface area contributed by atoms with E-state index in [0.29, 0.717) is 6.04 Å². The molecule has 1 aromatic rings. The van der Waals surface area contributed by atoms with E-state index in [-0.39, 0.29) is 0 Å². The molecule has 2 rings (SSSR count). The Hall–Kier alpha value is -1.31. The third-order valence-electron chi connectivity index (χ3n) is 3.14. The number of aryl methyl sites for hydroxylation is 2. The number of nitrogens with one attached hydrogen (secondary N) is 1. The number of anilines is 1. The summed E-state index contributed by atoms with van der Waals surface area (Å²) < 4.78 is 0. The Balaban J connectivity index is 1.96. The van der Waals surface area contributed by atoms with E-state index in [9.17, 15) is 0 Å². The van der Waals surface area contributed by atoms with E-state index < -0.39 is 0 Å². The molecule has 16 heavy (non-hydrogen) atoms. The van der Waals surface area contributed by atoms with Crippen LogP contribution in [-0.2, 0) is 12.8 Å². The highest BCUT2D eigenvalue weighted by atomic mass is 14.9. The maximum atomic E-state index is 4.51. The highest BCUT2D eigenvalue weighted by Crippen LogP contribution is 2.23. The van der Waals surface area contributed by atoms with Gasteiger partial charge in [-0.15, -0.1) is 6.58 Å². The van der Waals surface area contributed by atoms with Crippen LogP contribution in [0.5, 0.6) is 0 Å². The molecular formula is C14H20N2. The van der Waals surface area contributed by atoms with Crippen LogP contribution in [0.3, 0.4) is 0 Å². The van der Waals surface area contributed by atoms with Gasteiger partial charge in [-0.1, -0.05) is 6.08 Å². The highest BCUT2D eigenvalue weighted by Gasteiger charge is 2.12. The topological polar surface area (TPSA) is 24.9 Å². The van der Waals surface area contributed by atoms with Crippen LogP contribution < -0.4 is 5.32 Å². The second-order valence-electron chi connectivity index (χ2n) is 4.59. The monoisotopic (exact) mass is 216 g/mol. The van der Waals surface area contributed by atoms with E-state index in [1.54, 1.807) is 0 Å². The third-order valence-corrected chi connectivity index (χ3v) is 3.14. The van der Waals surface area contributed by atoms with E-state index in [4.69, 9.17) is 0 Å². The maximum absolute atomic E-state index is 4.51. The Morgan fingerprint density at radius 2 is 2.44 bits per heavy atom. The van der Waals surface area contributed by atoms with Crippen LogP contribution >= 0.6 is 0 Å². The molecule has 0 fully saturated rings. The number of aromatic nitrogens is 1. The Labute approximate surface area is 97.8 Å². The van der Waals surface area contributed by atoms with E-state index >= 15 is 0 Å². The molecule has 0 aromatic carbocycles. The summed E-state index contributed by atoms with van der Waals surface area (Å²) in [6, 6.07) is 2.75. The molecule has 1 unspecified atom stereocenters. The summed E-state index contributed by atoms with van der Waals surface area (Å²) in [5.74, 6) is 0. The van der Waals surface area contributed by atoms with Crippen molar-refractivity contribution in [1.82, 2.24) is 4.98 Å². The molecule has 86 valence electrons. The van der Waals surface area contributed by atoms with Gasteiger partial charge >= 0.3 is 0 Å². The van der Waals surface area contributed by atoms with Crippen LogP contribution in [0.15, 0.2) is 24.9 Å². The molecule has 1 aliphatic rings. The van der Waals surface area contributed by atoms with Gasteiger partial charge in [-0.2, -0.15) is 0 Å². The fraction of sp³-hybridized carbons (Fsp3) is 0.500. The van der Waals surface area contributed by atoms with Crippen LogP contribution in [0.4, 0.5) is 5.69 Å². The van der Waals surface area contributed by atoms with Gasteiger partial charge in [0.25, 0.3) is 0 Å². The lowest BCUT2D eigenvalue weighted by molar-refractivity contribution is 0.718. The van der Waals surface area contributed by atoms with Gasteiger partial charge < -0.3 is 5.32 Å². The first-order valence-electron chi connectivity index (χ1n) is 6.15. The van der Waals surface area contributed by atoms with Crippen molar-refractivity contribution < 1.29 is 0 Å². The number of allylic oxidation sites excluding steroid dienone is 1. The van der Waals surface area contributed by atoms with Gasteiger partial charge in [0.2, 0.25) is 0 Å². The summed E-state index contributed by atoms with van der Waals surface area (Å²) in [5.41, 5.74) is 3.89. The maximum Gasteiger partial charge on any atom is 0.0531 e. The van der Waals surface area contributed by atoms with Crippen molar-refractivity contribution in [3.05, 3.63) is 36.2 Å². The van der Waals surface area contributed by atoms with Crippen molar-refractivity contribution in [1.29, 1.82) is 0 Å². The average molecular weight is 216 g/mol. The number of hydrogen-bond acceptors (Lipinski definition) is 2. The lowest BCUT2D eigenvalue weighted by Gasteiger charge is -2.14. The average Bonchev–Trinajstić information content (AvgIpc) is 2.73. The van der Waals surface area contributed by atoms with E-state index in [1.165, 1.54) is 24.1 Å². The molecule has 1 heterocycles. The minimum absolute atomic E-state index is 0.485. The van der Waals surface area contributed by atoms with Crippen molar-refractivity contribution in [2.75, 3.05) is 5.32 Å². The zero-order valence-corrected chi connectivity index (χ0v) is 10.00. The number of fused-ring (bicyclic) bond motifs is 1. The Kier molecular flexibility index (Phi) is 3.60. The lowest BCUT2D eigenvalue weighted by atomic mass is 10.1. The Bertz CT molecular complexity index is 371. The highest BCUT2D eigenvalue weighted by molar-refractivity contribution is 5.46. The van der Waals surface area contributed by atoms with Crippen LogP contribution in [0.2, 0.25) is 0 Å². The molecule has 0 amide bonds. The Morgan fingerprint density at radius 3 is 3.25 bits per heavy atom. The summed E-state index contributed by atoms with van der Waals surface area (Å²) >= 11 is 0. The zero-order chi connectivity index (χ0) is 11.4. The summed E-state index contributed by atoms with van der Waals surface area (Å²) in [5, 5.41) is 3.50. The predicted octanol–water partition coefficient (Wildman–Crippen LogP) is 3.34. The van der Waals surface area contributed by atoms with Crippen LogP contribution in [-0.4, -0.2) is 11.0 Å². The minimum Gasteiger partial charge on any atom is -0.381 e. The second kappa shape index (κ2) is 5.15. The molecule has 0 spiro atoms. The number of hydrogen-bond donors (Lipinski definition) is 1. The summed E-state index contributed by atoms with van der Waals surface area (Å²) in [7, 11) is 0. The van der Waals surface area contributed by atoms with Crippen LogP contribution in [0.25, 0.3) is 0 Å². The second-order valence-corrected chi connectivity index (χ2v) is 4.59. The van der Waals surface area contributed by atoms with Crippen LogP contribution in [0, 0.1) is 0 Å². The predicted molar refractivity (Wildman–Crippen MR) is 68.8 cm³/mol. The van der Waals surface area contributed by atoms with Gasteiger partial charge in [-0.25, -0.2) is 0 Å². The zero-order valence-electron chi connectivity index (χ0n) is 10.00. The van der Waals surface area contributed by atoms with Crippen molar-refractivity contribution in [3.63, 3.8) is 0 Å². The van der Waals surface area contributed by atoms with E-state index in [1.807, 2.05) is 12.3 Å². The normalized spacial score (nSPS) is 15.6. The molecule has 1 aromatic heterocycles. The first kappa shape index (κ1) is 11.2. The largest absolute Gasteiger partial charge is 0.381 e. The molecule has 2 nitrogen and oxygen atoms in total. The van der Waals surface area contributed by atoms with Crippen molar-refractivity contribution in [3.8, 4) is 0 Å². The van der Waals surface area contributed by atoms with Gasteiger partial charge in [-0.3, -0.25) is 4.98 Å². The van der Waals surface area contributed by atoms with Crippen molar-refractivity contribution in [2.24, 2.45) is 0 Å². The first-order chi connectivity index (χ1) is 7.79. The standard InChI is InChI=1S/C14H20N2/c1-3-4-6-11(2)16-13-9-12-7-5-8-14(12)15-10-13/h3,9-11,16H,1,4-8H2,2H3. The molecule has 0 aliphatic heterocycles. The minimum atomic E-state index is 0.485. The molecule has 0 saturated carbocycles. The van der Waals surface area contributed by atoms with Gasteiger partial charge in [0.15, 0.2) is 0 Å².